The van der Waals surface area contributed by atoms with E-state index >= 15 is 0 Å². The maximum absolute atomic E-state index is 12.9. The number of hydrogen-bond acceptors (Lipinski definition) is 2. The molecule has 0 aliphatic carbocycles. The Morgan fingerprint density at radius 3 is 2.42 bits per heavy atom. The number of hydrogen-bond donors (Lipinski definition) is 2. The Kier molecular flexibility index (Phi) is 6.31. The van der Waals surface area contributed by atoms with E-state index in [0.29, 0.717) is 6.42 Å². The van der Waals surface area contributed by atoms with E-state index in [9.17, 15) is 13.2 Å². The molecule has 1 unspecified atom stereocenters. The molecule has 5 heteroatoms. The Balaban J connectivity index is 2.80. The second kappa shape index (κ2) is 7.50. The molecule has 0 spiro atoms. The second-order valence-electron chi connectivity index (χ2n) is 4.65. The van der Waals surface area contributed by atoms with Gasteiger partial charge in [-0.2, -0.15) is 13.2 Å². The fourth-order valence-electron chi connectivity index (χ4n) is 2.16. The molecule has 0 aliphatic heterocycles. The van der Waals surface area contributed by atoms with Gasteiger partial charge in [-0.05, 0) is 18.1 Å². The lowest BCUT2D eigenvalue weighted by molar-refractivity contribution is -0.138. The molecule has 0 aromatic heterocycles. The predicted octanol–water partition coefficient (Wildman–Crippen LogP) is 4.18. The maximum atomic E-state index is 12.9. The first-order valence-corrected chi connectivity index (χ1v) is 6.63. The van der Waals surface area contributed by atoms with E-state index in [0.717, 1.165) is 31.7 Å². The van der Waals surface area contributed by atoms with Crippen molar-refractivity contribution in [2.75, 3.05) is 0 Å². The Bertz CT molecular complexity index is 377. The van der Waals surface area contributed by atoms with Crippen molar-refractivity contribution in [1.82, 2.24) is 5.43 Å². The summed E-state index contributed by atoms with van der Waals surface area (Å²) in [5, 5.41) is 0. The minimum Gasteiger partial charge on any atom is -0.271 e. The SMILES string of the molecule is CCCCCCC(NN)c1ccccc1C(F)(F)F. The van der Waals surface area contributed by atoms with Gasteiger partial charge in [0.15, 0.2) is 0 Å². The van der Waals surface area contributed by atoms with Crippen LogP contribution in [0.1, 0.15) is 56.2 Å². The van der Waals surface area contributed by atoms with Crippen molar-refractivity contribution < 1.29 is 13.2 Å². The lowest BCUT2D eigenvalue weighted by Crippen LogP contribution is -2.29. The first-order valence-electron chi connectivity index (χ1n) is 6.63. The van der Waals surface area contributed by atoms with Crippen LogP contribution in [0.2, 0.25) is 0 Å². The number of rotatable bonds is 7. The molecule has 0 saturated carbocycles. The summed E-state index contributed by atoms with van der Waals surface area (Å²) < 4.78 is 38.8. The summed E-state index contributed by atoms with van der Waals surface area (Å²) in [4.78, 5) is 0. The second-order valence-corrected chi connectivity index (χ2v) is 4.65. The molecular weight excluding hydrogens is 253 g/mol. The van der Waals surface area contributed by atoms with E-state index < -0.39 is 17.8 Å². The molecule has 1 atom stereocenters. The molecule has 0 aliphatic rings. The van der Waals surface area contributed by atoms with Crippen molar-refractivity contribution >= 4 is 0 Å². The first kappa shape index (κ1) is 16.0. The molecule has 0 amide bonds. The van der Waals surface area contributed by atoms with Crippen LogP contribution >= 0.6 is 0 Å². The zero-order chi connectivity index (χ0) is 14.3. The number of halogens is 3. The Morgan fingerprint density at radius 1 is 1.16 bits per heavy atom. The van der Waals surface area contributed by atoms with E-state index in [-0.39, 0.29) is 5.56 Å². The molecule has 19 heavy (non-hydrogen) atoms. The Morgan fingerprint density at radius 2 is 1.84 bits per heavy atom. The van der Waals surface area contributed by atoms with E-state index in [1.54, 1.807) is 6.07 Å². The molecular formula is C14H21F3N2. The van der Waals surface area contributed by atoms with Crippen LogP contribution < -0.4 is 11.3 Å². The van der Waals surface area contributed by atoms with Gasteiger partial charge in [-0.3, -0.25) is 11.3 Å². The third-order valence-electron chi connectivity index (χ3n) is 3.19. The van der Waals surface area contributed by atoms with Gasteiger partial charge in [-0.1, -0.05) is 50.8 Å². The van der Waals surface area contributed by atoms with Gasteiger partial charge >= 0.3 is 6.18 Å². The average Bonchev–Trinajstić information content (AvgIpc) is 2.38. The molecule has 1 aromatic carbocycles. The van der Waals surface area contributed by atoms with Crippen LogP contribution in [-0.4, -0.2) is 0 Å². The minimum absolute atomic E-state index is 0.231. The molecule has 0 fully saturated rings. The van der Waals surface area contributed by atoms with Gasteiger partial charge in [0.2, 0.25) is 0 Å². The smallest absolute Gasteiger partial charge is 0.271 e. The van der Waals surface area contributed by atoms with Crippen LogP contribution in [0.25, 0.3) is 0 Å². The molecule has 0 bridgehead atoms. The lowest BCUT2D eigenvalue weighted by atomic mass is 9.96. The molecule has 0 heterocycles. The molecule has 2 nitrogen and oxygen atoms in total. The van der Waals surface area contributed by atoms with Crippen molar-refractivity contribution in [1.29, 1.82) is 0 Å². The molecule has 3 N–H and O–H groups in total. The summed E-state index contributed by atoms with van der Waals surface area (Å²) in [6, 6.07) is 5.16. The van der Waals surface area contributed by atoms with Gasteiger partial charge in [-0.15, -0.1) is 0 Å². The van der Waals surface area contributed by atoms with Crippen LogP contribution in [0, 0.1) is 0 Å². The molecule has 1 aromatic rings. The summed E-state index contributed by atoms with van der Waals surface area (Å²) >= 11 is 0. The van der Waals surface area contributed by atoms with Crippen molar-refractivity contribution in [3.63, 3.8) is 0 Å². The van der Waals surface area contributed by atoms with E-state index in [4.69, 9.17) is 5.84 Å². The third-order valence-corrected chi connectivity index (χ3v) is 3.19. The van der Waals surface area contributed by atoms with Crippen molar-refractivity contribution in [3.05, 3.63) is 35.4 Å². The predicted molar refractivity (Wildman–Crippen MR) is 70.3 cm³/mol. The topological polar surface area (TPSA) is 38.0 Å². The Labute approximate surface area is 112 Å². The fraction of sp³-hybridized carbons (Fsp3) is 0.571. The highest BCUT2D eigenvalue weighted by Gasteiger charge is 2.34. The highest BCUT2D eigenvalue weighted by molar-refractivity contribution is 5.32. The summed E-state index contributed by atoms with van der Waals surface area (Å²) in [6.07, 6.45) is 0.356. The fourth-order valence-corrected chi connectivity index (χ4v) is 2.16. The zero-order valence-electron chi connectivity index (χ0n) is 11.1. The summed E-state index contributed by atoms with van der Waals surface area (Å²) in [5.74, 6) is 5.41. The van der Waals surface area contributed by atoms with Gasteiger partial charge in [0.05, 0.1) is 5.56 Å². The first-order chi connectivity index (χ1) is 9.00. The summed E-state index contributed by atoms with van der Waals surface area (Å²) in [6.45, 7) is 2.09. The molecule has 0 radical (unpaired) electrons. The monoisotopic (exact) mass is 274 g/mol. The van der Waals surface area contributed by atoms with Gasteiger partial charge < -0.3 is 0 Å². The Hall–Kier alpha value is -1.07. The average molecular weight is 274 g/mol. The number of benzene rings is 1. The molecule has 108 valence electrons. The van der Waals surface area contributed by atoms with Crippen molar-refractivity contribution in [3.8, 4) is 0 Å². The van der Waals surface area contributed by atoms with Crippen LogP contribution in [0.5, 0.6) is 0 Å². The third kappa shape index (κ3) is 4.84. The number of nitrogens with one attached hydrogen (secondary N) is 1. The van der Waals surface area contributed by atoms with Crippen molar-refractivity contribution in [2.45, 2.75) is 51.2 Å². The summed E-state index contributed by atoms with van der Waals surface area (Å²) in [5.41, 5.74) is 2.14. The van der Waals surface area contributed by atoms with Crippen LogP contribution in [0.15, 0.2) is 24.3 Å². The molecule has 0 saturated heterocycles. The van der Waals surface area contributed by atoms with Crippen LogP contribution in [-0.2, 0) is 6.18 Å². The van der Waals surface area contributed by atoms with Gasteiger partial charge in [0, 0.05) is 6.04 Å². The highest BCUT2D eigenvalue weighted by atomic mass is 19.4. The zero-order valence-corrected chi connectivity index (χ0v) is 11.1. The van der Waals surface area contributed by atoms with Gasteiger partial charge in [0.1, 0.15) is 0 Å². The van der Waals surface area contributed by atoms with Crippen LogP contribution in [0.3, 0.4) is 0 Å². The number of unbranched alkanes of at least 4 members (excludes halogenated alkanes) is 3. The normalized spacial score (nSPS) is 13.5. The molecule has 1 rings (SSSR count). The van der Waals surface area contributed by atoms with E-state index in [1.165, 1.54) is 12.1 Å². The minimum atomic E-state index is -4.34. The van der Waals surface area contributed by atoms with Gasteiger partial charge in [-0.25, -0.2) is 0 Å². The van der Waals surface area contributed by atoms with Crippen LogP contribution in [0.4, 0.5) is 13.2 Å². The van der Waals surface area contributed by atoms with E-state index in [1.807, 2.05) is 0 Å². The quantitative estimate of drug-likeness (QED) is 0.444. The lowest BCUT2D eigenvalue weighted by Gasteiger charge is -2.21. The largest absolute Gasteiger partial charge is 0.416 e. The van der Waals surface area contributed by atoms with E-state index in [2.05, 4.69) is 12.3 Å². The highest BCUT2D eigenvalue weighted by Crippen LogP contribution is 2.35. The summed E-state index contributed by atoms with van der Waals surface area (Å²) in [7, 11) is 0. The maximum Gasteiger partial charge on any atom is 0.416 e. The van der Waals surface area contributed by atoms with Crippen molar-refractivity contribution in [2.24, 2.45) is 5.84 Å². The number of hydrazine groups is 1. The van der Waals surface area contributed by atoms with Gasteiger partial charge in [0.25, 0.3) is 0 Å². The number of alkyl halides is 3. The standard InChI is InChI=1S/C14H21F3N2/c1-2-3-4-5-10-13(19-18)11-8-6-7-9-12(11)14(15,16)17/h6-9,13,19H,2-5,10,18H2,1H3. The number of nitrogens with two attached hydrogens (primary N) is 1.